The second-order valence-electron chi connectivity index (χ2n) is 6.34. The van der Waals surface area contributed by atoms with Crippen LogP contribution in [0, 0.1) is 13.8 Å². The van der Waals surface area contributed by atoms with Crippen molar-refractivity contribution >= 4 is 15.7 Å². The highest BCUT2D eigenvalue weighted by molar-refractivity contribution is 7.91. The standard InChI is InChI=1S/C17H22N4O2S/c1-12-13(2)19-16(15-8-4-5-9-18-15)20-17(12)21-10-6-7-14(11-21)24(3,22)23/h4-5,8-9,14H,6-7,10-11H2,1-3H3. The maximum atomic E-state index is 11.9. The Kier molecular flexibility index (Phi) is 4.54. The number of sulfone groups is 1. The van der Waals surface area contributed by atoms with E-state index in [2.05, 4.69) is 14.9 Å². The van der Waals surface area contributed by atoms with E-state index in [1.165, 1.54) is 6.26 Å². The molecule has 7 heteroatoms. The number of anilines is 1. The fourth-order valence-corrected chi connectivity index (χ4v) is 4.06. The summed E-state index contributed by atoms with van der Waals surface area (Å²) < 4.78 is 23.9. The molecule has 0 aromatic carbocycles. The molecule has 1 atom stereocenters. The molecule has 0 saturated carbocycles. The van der Waals surface area contributed by atoms with Crippen molar-refractivity contribution < 1.29 is 8.42 Å². The van der Waals surface area contributed by atoms with E-state index in [9.17, 15) is 8.42 Å². The maximum absolute atomic E-state index is 11.9. The first-order valence-electron chi connectivity index (χ1n) is 8.06. The van der Waals surface area contributed by atoms with Crippen LogP contribution in [0.25, 0.3) is 11.5 Å². The van der Waals surface area contributed by atoms with Gasteiger partial charge in [0.1, 0.15) is 11.5 Å². The maximum Gasteiger partial charge on any atom is 0.180 e. The minimum atomic E-state index is -3.05. The monoisotopic (exact) mass is 346 g/mol. The fourth-order valence-electron chi connectivity index (χ4n) is 3.01. The molecule has 1 unspecified atom stereocenters. The largest absolute Gasteiger partial charge is 0.355 e. The molecular formula is C17H22N4O2S. The summed E-state index contributed by atoms with van der Waals surface area (Å²) in [6.45, 7) is 5.23. The van der Waals surface area contributed by atoms with Crippen LogP contribution in [0.2, 0.25) is 0 Å². The van der Waals surface area contributed by atoms with E-state index in [0.717, 1.165) is 35.7 Å². The van der Waals surface area contributed by atoms with Gasteiger partial charge in [0.15, 0.2) is 15.7 Å². The van der Waals surface area contributed by atoms with Crippen LogP contribution < -0.4 is 4.90 Å². The van der Waals surface area contributed by atoms with Gasteiger partial charge in [0.05, 0.1) is 5.25 Å². The first kappa shape index (κ1) is 16.8. The molecule has 3 heterocycles. The summed E-state index contributed by atoms with van der Waals surface area (Å²) >= 11 is 0. The molecule has 1 fully saturated rings. The highest BCUT2D eigenvalue weighted by Gasteiger charge is 2.29. The van der Waals surface area contributed by atoms with Gasteiger partial charge >= 0.3 is 0 Å². The van der Waals surface area contributed by atoms with Gasteiger partial charge in [-0.15, -0.1) is 0 Å². The summed E-state index contributed by atoms with van der Waals surface area (Å²) in [5.41, 5.74) is 2.60. The van der Waals surface area contributed by atoms with Gasteiger partial charge in [0.2, 0.25) is 0 Å². The Morgan fingerprint density at radius 2 is 2.00 bits per heavy atom. The van der Waals surface area contributed by atoms with Crippen LogP contribution in [-0.4, -0.2) is 48.0 Å². The zero-order valence-electron chi connectivity index (χ0n) is 14.2. The van der Waals surface area contributed by atoms with Crippen LogP contribution in [0.15, 0.2) is 24.4 Å². The molecule has 0 aliphatic carbocycles. The Morgan fingerprint density at radius 3 is 2.67 bits per heavy atom. The van der Waals surface area contributed by atoms with E-state index >= 15 is 0 Å². The lowest BCUT2D eigenvalue weighted by Crippen LogP contribution is -2.42. The van der Waals surface area contributed by atoms with Crippen molar-refractivity contribution in [3.05, 3.63) is 35.7 Å². The van der Waals surface area contributed by atoms with E-state index in [-0.39, 0.29) is 5.25 Å². The molecule has 128 valence electrons. The number of rotatable bonds is 3. The first-order valence-corrected chi connectivity index (χ1v) is 10.0. The first-order chi connectivity index (χ1) is 11.4. The van der Waals surface area contributed by atoms with Crippen LogP contribution in [-0.2, 0) is 9.84 Å². The molecule has 1 saturated heterocycles. The number of pyridine rings is 1. The average Bonchev–Trinajstić information content (AvgIpc) is 2.57. The van der Waals surface area contributed by atoms with Crippen molar-refractivity contribution in [2.45, 2.75) is 31.9 Å². The topological polar surface area (TPSA) is 76.1 Å². The summed E-state index contributed by atoms with van der Waals surface area (Å²) in [4.78, 5) is 15.6. The Balaban J connectivity index is 2.00. The Morgan fingerprint density at radius 1 is 1.21 bits per heavy atom. The molecule has 2 aromatic heterocycles. The zero-order valence-corrected chi connectivity index (χ0v) is 15.0. The van der Waals surface area contributed by atoms with E-state index in [4.69, 9.17) is 4.98 Å². The summed E-state index contributed by atoms with van der Waals surface area (Å²) in [6, 6.07) is 5.64. The van der Waals surface area contributed by atoms with Gasteiger partial charge in [-0.1, -0.05) is 6.07 Å². The van der Waals surface area contributed by atoms with E-state index < -0.39 is 9.84 Å². The molecule has 2 aromatic rings. The third kappa shape index (κ3) is 3.40. The summed E-state index contributed by atoms with van der Waals surface area (Å²) in [6.07, 6.45) is 4.59. The lowest BCUT2D eigenvalue weighted by atomic mass is 10.1. The molecule has 6 nitrogen and oxygen atoms in total. The minimum absolute atomic E-state index is 0.334. The minimum Gasteiger partial charge on any atom is -0.355 e. The highest BCUT2D eigenvalue weighted by atomic mass is 32.2. The molecule has 1 aliphatic rings. The SMILES string of the molecule is Cc1nc(-c2ccccn2)nc(N2CCCC(S(C)(=O)=O)C2)c1C. The Bertz CT molecular complexity index is 837. The van der Waals surface area contributed by atoms with Crippen molar-refractivity contribution in [2.24, 2.45) is 0 Å². The summed E-state index contributed by atoms with van der Waals surface area (Å²) in [7, 11) is -3.05. The summed E-state index contributed by atoms with van der Waals surface area (Å²) in [5, 5.41) is -0.334. The summed E-state index contributed by atoms with van der Waals surface area (Å²) in [5.74, 6) is 1.40. The Hall–Kier alpha value is -2.02. The van der Waals surface area contributed by atoms with Crippen LogP contribution >= 0.6 is 0 Å². The number of piperidine rings is 1. The van der Waals surface area contributed by atoms with Crippen LogP contribution in [0.4, 0.5) is 5.82 Å². The fraction of sp³-hybridized carbons (Fsp3) is 0.471. The van der Waals surface area contributed by atoms with Crippen LogP contribution in [0.1, 0.15) is 24.1 Å². The average molecular weight is 346 g/mol. The van der Waals surface area contributed by atoms with Crippen LogP contribution in [0.3, 0.4) is 0 Å². The zero-order chi connectivity index (χ0) is 17.3. The van der Waals surface area contributed by atoms with Gasteiger partial charge in [-0.3, -0.25) is 4.98 Å². The molecule has 0 amide bonds. The number of aryl methyl sites for hydroxylation is 1. The lowest BCUT2D eigenvalue weighted by Gasteiger charge is -2.33. The van der Waals surface area contributed by atoms with Gasteiger partial charge in [0, 0.05) is 36.8 Å². The van der Waals surface area contributed by atoms with E-state index in [0.29, 0.717) is 18.8 Å². The molecular weight excluding hydrogens is 324 g/mol. The molecule has 1 aliphatic heterocycles. The van der Waals surface area contributed by atoms with Gasteiger partial charge in [-0.25, -0.2) is 18.4 Å². The predicted octanol–water partition coefficient (Wildman–Crippen LogP) is 2.17. The quantitative estimate of drug-likeness (QED) is 0.848. The molecule has 0 bridgehead atoms. The molecule has 3 rings (SSSR count). The van der Waals surface area contributed by atoms with Crippen molar-refractivity contribution in [2.75, 3.05) is 24.2 Å². The van der Waals surface area contributed by atoms with Gasteiger partial charge in [-0.2, -0.15) is 0 Å². The van der Waals surface area contributed by atoms with E-state index in [1.807, 2.05) is 32.0 Å². The molecule has 0 N–H and O–H groups in total. The molecule has 0 spiro atoms. The van der Waals surface area contributed by atoms with Crippen molar-refractivity contribution in [3.8, 4) is 11.5 Å². The van der Waals surface area contributed by atoms with Crippen LogP contribution in [0.5, 0.6) is 0 Å². The van der Waals surface area contributed by atoms with Crippen molar-refractivity contribution in [1.29, 1.82) is 0 Å². The predicted molar refractivity (Wildman–Crippen MR) is 94.8 cm³/mol. The third-order valence-electron chi connectivity index (χ3n) is 4.54. The normalized spacial score (nSPS) is 18.6. The number of aromatic nitrogens is 3. The number of hydrogen-bond acceptors (Lipinski definition) is 6. The third-order valence-corrected chi connectivity index (χ3v) is 6.14. The van der Waals surface area contributed by atoms with Crippen molar-refractivity contribution in [1.82, 2.24) is 15.0 Å². The molecule has 24 heavy (non-hydrogen) atoms. The Labute approximate surface area is 142 Å². The van der Waals surface area contributed by atoms with Gasteiger partial charge < -0.3 is 4.90 Å². The van der Waals surface area contributed by atoms with E-state index in [1.54, 1.807) is 6.20 Å². The lowest BCUT2D eigenvalue weighted by molar-refractivity contribution is 0.533. The second-order valence-corrected chi connectivity index (χ2v) is 8.66. The second kappa shape index (κ2) is 6.47. The smallest absolute Gasteiger partial charge is 0.180 e. The number of nitrogens with zero attached hydrogens (tertiary/aromatic N) is 4. The number of hydrogen-bond donors (Lipinski definition) is 0. The van der Waals surface area contributed by atoms with Gasteiger partial charge in [0.25, 0.3) is 0 Å². The van der Waals surface area contributed by atoms with Gasteiger partial charge in [-0.05, 0) is 38.8 Å². The molecule has 0 radical (unpaired) electrons. The highest BCUT2D eigenvalue weighted by Crippen LogP contribution is 2.27. The van der Waals surface area contributed by atoms with Crippen molar-refractivity contribution in [3.63, 3.8) is 0 Å².